The zero-order valence-electron chi connectivity index (χ0n) is 13.7. The zero-order valence-corrected chi connectivity index (χ0v) is 13.7. The van der Waals surface area contributed by atoms with Crippen molar-refractivity contribution in [2.75, 3.05) is 24.7 Å². The van der Waals surface area contributed by atoms with Crippen molar-refractivity contribution in [1.29, 1.82) is 0 Å². The summed E-state index contributed by atoms with van der Waals surface area (Å²) in [5.74, 6) is -3.19. The Kier molecular flexibility index (Phi) is 3.81. The summed E-state index contributed by atoms with van der Waals surface area (Å²) < 4.78 is 25.0. The summed E-state index contributed by atoms with van der Waals surface area (Å²) in [6.07, 6.45) is 1.40. The van der Waals surface area contributed by atoms with Crippen molar-refractivity contribution in [3.05, 3.63) is 30.1 Å². The Labute approximate surface area is 144 Å². The van der Waals surface area contributed by atoms with Crippen LogP contribution < -0.4 is 4.90 Å². The first kappa shape index (κ1) is 16.5. The fourth-order valence-corrected chi connectivity index (χ4v) is 4.54. The number of carboxylic acid groups (broad SMARTS) is 1. The molecule has 1 aromatic rings. The molecule has 6 nitrogen and oxygen atoms in total. The van der Waals surface area contributed by atoms with E-state index >= 15 is 0 Å². The third-order valence-corrected chi connectivity index (χ3v) is 5.60. The number of benzene rings is 1. The average Bonchev–Trinajstić information content (AvgIpc) is 3.13. The van der Waals surface area contributed by atoms with E-state index in [-0.39, 0.29) is 18.7 Å². The van der Waals surface area contributed by atoms with Crippen molar-refractivity contribution in [3.63, 3.8) is 0 Å². The smallest absolute Gasteiger partial charge is 0.306 e. The molecule has 4 rings (SSSR count). The van der Waals surface area contributed by atoms with Crippen molar-refractivity contribution in [2.24, 2.45) is 11.3 Å². The van der Waals surface area contributed by atoms with Crippen LogP contribution in [0.5, 0.6) is 0 Å². The quantitative estimate of drug-likeness (QED) is 0.886. The summed E-state index contributed by atoms with van der Waals surface area (Å²) in [5.41, 5.74) is -0.334. The number of nitrogens with zero attached hydrogens (tertiary/aromatic N) is 1. The van der Waals surface area contributed by atoms with E-state index in [1.54, 1.807) is 17.0 Å². The Morgan fingerprint density at radius 2 is 2.04 bits per heavy atom. The van der Waals surface area contributed by atoms with Crippen LogP contribution >= 0.6 is 0 Å². The first-order valence-electron chi connectivity index (χ1n) is 8.51. The number of ether oxygens (including phenoxy) is 2. The number of anilines is 1. The summed E-state index contributed by atoms with van der Waals surface area (Å²) in [6.45, 7) is 1.25. The van der Waals surface area contributed by atoms with Crippen LogP contribution in [0.15, 0.2) is 24.3 Å². The van der Waals surface area contributed by atoms with E-state index in [1.807, 2.05) is 0 Å². The Balaban J connectivity index is 1.66. The van der Waals surface area contributed by atoms with Crippen molar-refractivity contribution >= 4 is 17.6 Å². The molecule has 1 aliphatic carbocycles. The molecule has 25 heavy (non-hydrogen) atoms. The van der Waals surface area contributed by atoms with Gasteiger partial charge in [0.2, 0.25) is 5.91 Å². The van der Waals surface area contributed by atoms with Crippen LogP contribution in [0.1, 0.15) is 25.7 Å². The molecule has 2 unspecified atom stereocenters. The van der Waals surface area contributed by atoms with Crippen molar-refractivity contribution in [1.82, 2.24) is 0 Å². The molecule has 2 spiro atoms. The number of halogens is 1. The molecular formula is C18H20FNO5. The maximum absolute atomic E-state index is 13.5. The largest absolute Gasteiger partial charge is 0.481 e. The lowest BCUT2D eigenvalue weighted by Crippen LogP contribution is -2.50. The molecule has 3 fully saturated rings. The van der Waals surface area contributed by atoms with Gasteiger partial charge in [-0.2, -0.15) is 0 Å². The lowest BCUT2D eigenvalue weighted by molar-refractivity contribution is -0.215. The molecule has 2 heterocycles. The number of amides is 1. The Morgan fingerprint density at radius 1 is 1.28 bits per heavy atom. The van der Waals surface area contributed by atoms with E-state index in [0.29, 0.717) is 38.3 Å². The van der Waals surface area contributed by atoms with E-state index in [1.165, 1.54) is 12.1 Å². The highest BCUT2D eigenvalue weighted by Crippen LogP contribution is 2.53. The number of aliphatic carboxylic acids is 1. The molecule has 2 saturated heterocycles. The number of carbonyl (C=O) groups is 2. The van der Waals surface area contributed by atoms with Gasteiger partial charge in [-0.15, -0.1) is 0 Å². The van der Waals surface area contributed by atoms with Crippen LogP contribution in [0.4, 0.5) is 10.1 Å². The van der Waals surface area contributed by atoms with Crippen molar-refractivity contribution in [2.45, 2.75) is 31.5 Å². The average molecular weight is 349 g/mol. The fourth-order valence-electron chi connectivity index (χ4n) is 4.54. The minimum atomic E-state index is -0.991. The normalized spacial score (nSPS) is 31.2. The van der Waals surface area contributed by atoms with Crippen LogP contribution in [-0.4, -0.2) is 42.5 Å². The van der Waals surface area contributed by atoms with Crippen LogP contribution in [-0.2, 0) is 19.1 Å². The van der Waals surface area contributed by atoms with E-state index < -0.39 is 28.9 Å². The Hall–Kier alpha value is -1.99. The van der Waals surface area contributed by atoms with E-state index in [9.17, 15) is 19.1 Å². The molecule has 0 radical (unpaired) electrons. The van der Waals surface area contributed by atoms with Gasteiger partial charge in [-0.3, -0.25) is 9.59 Å². The molecule has 0 aromatic heterocycles. The van der Waals surface area contributed by atoms with Gasteiger partial charge in [0.25, 0.3) is 0 Å². The molecule has 1 N–H and O–H groups in total. The summed E-state index contributed by atoms with van der Waals surface area (Å²) >= 11 is 0. The van der Waals surface area contributed by atoms with Crippen LogP contribution in [0, 0.1) is 17.2 Å². The molecule has 3 aliphatic rings. The van der Waals surface area contributed by atoms with Crippen LogP contribution in [0.25, 0.3) is 0 Å². The second kappa shape index (κ2) is 5.78. The van der Waals surface area contributed by atoms with Gasteiger partial charge in [-0.05, 0) is 31.0 Å². The molecule has 1 saturated carbocycles. The van der Waals surface area contributed by atoms with E-state index in [4.69, 9.17) is 9.47 Å². The maximum atomic E-state index is 13.5. The lowest BCUT2D eigenvalue weighted by atomic mass is 9.66. The van der Waals surface area contributed by atoms with Crippen LogP contribution in [0.3, 0.4) is 0 Å². The second-order valence-electron chi connectivity index (χ2n) is 7.19. The highest BCUT2D eigenvalue weighted by atomic mass is 19.1. The molecule has 2 atom stereocenters. The molecule has 7 heteroatoms. The topological polar surface area (TPSA) is 76.1 Å². The molecule has 2 aliphatic heterocycles. The lowest BCUT2D eigenvalue weighted by Gasteiger charge is -2.44. The monoisotopic (exact) mass is 349 g/mol. The summed E-state index contributed by atoms with van der Waals surface area (Å²) in [6, 6.07) is 5.91. The van der Waals surface area contributed by atoms with Gasteiger partial charge in [0.15, 0.2) is 5.79 Å². The summed E-state index contributed by atoms with van der Waals surface area (Å²) in [7, 11) is 0. The Bertz CT molecular complexity index is 717. The second-order valence-corrected chi connectivity index (χ2v) is 7.19. The minimum absolute atomic E-state index is 0.164. The summed E-state index contributed by atoms with van der Waals surface area (Å²) in [5, 5.41) is 9.55. The van der Waals surface area contributed by atoms with E-state index in [2.05, 4.69) is 0 Å². The van der Waals surface area contributed by atoms with Gasteiger partial charge in [-0.1, -0.05) is 6.07 Å². The fraction of sp³-hybridized carbons (Fsp3) is 0.556. The van der Waals surface area contributed by atoms with Gasteiger partial charge < -0.3 is 19.5 Å². The molecule has 134 valence electrons. The predicted molar refractivity (Wildman–Crippen MR) is 85.4 cm³/mol. The number of carboxylic acids is 1. The van der Waals surface area contributed by atoms with Gasteiger partial charge in [0.05, 0.1) is 24.5 Å². The number of hydrogen-bond acceptors (Lipinski definition) is 4. The van der Waals surface area contributed by atoms with Crippen molar-refractivity contribution in [3.8, 4) is 0 Å². The van der Waals surface area contributed by atoms with Gasteiger partial charge in [0, 0.05) is 25.1 Å². The number of carbonyl (C=O) groups excluding carboxylic acids is 1. The molecule has 1 amide bonds. The predicted octanol–water partition coefficient (Wildman–Crippen LogP) is 2.18. The highest BCUT2D eigenvalue weighted by molar-refractivity contribution is 6.00. The van der Waals surface area contributed by atoms with Crippen LogP contribution in [0.2, 0.25) is 0 Å². The third-order valence-electron chi connectivity index (χ3n) is 5.60. The third kappa shape index (κ3) is 2.71. The standard InChI is InChI=1S/C18H20FNO5/c19-13-2-1-3-14(8-13)20-5-4-17(16(20)23)9-12(15(21)22)10-18(11-17)24-6-7-25-18/h1-3,8,12H,4-7,9-11H2,(H,21,22). The van der Waals surface area contributed by atoms with Crippen molar-refractivity contribution < 1.29 is 28.6 Å². The molecular weight excluding hydrogens is 329 g/mol. The maximum Gasteiger partial charge on any atom is 0.306 e. The highest BCUT2D eigenvalue weighted by Gasteiger charge is 2.59. The minimum Gasteiger partial charge on any atom is -0.481 e. The first-order valence-corrected chi connectivity index (χ1v) is 8.51. The van der Waals surface area contributed by atoms with Gasteiger partial charge in [-0.25, -0.2) is 4.39 Å². The van der Waals surface area contributed by atoms with E-state index in [0.717, 1.165) is 0 Å². The number of rotatable bonds is 2. The summed E-state index contributed by atoms with van der Waals surface area (Å²) in [4.78, 5) is 26.4. The van der Waals surface area contributed by atoms with Gasteiger partial charge >= 0.3 is 5.97 Å². The van der Waals surface area contributed by atoms with Gasteiger partial charge in [0.1, 0.15) is 5.82 Å². The Morgan fingerprint density at radius 3 is 2.72 bits per heavy atom. The first-order chi connectivity index (χ1) is 11.9. The zero-order chi connectivity index (χ0) is 17.7. The number of hydrogen-bond donors (Lipinski definition) is 1. The molecule has 0 bridgehead atoms. The molecule has 1 aromatic carbocycles. The SMILES string of the molecule is O=C(O)C1CC2(CC3(CCN(c4cccc(F)c4)C3=O)C1)OCCO2.